The number of nitrogens with one attached hydrogen (secondary N) is 1. The van der Waals surface area contributed by atoms with Gasteiger partial charge in [-0.2, -0.15) is 0 Å². The lowest BCUT2D eigenvalue weighted by atomic mass is 10.2. The molecule has 0 aliphatic rings. The van der Waals surface area contributed by atoms with Crippen LogP contribution >= 0.6 is 0 Å². The molecule has 3 heteroatoms. The second-order valence-electron chi connectivity index (χ2n) is 3.63. The van der Waals surface area contributed by atoms with Crippen LogP contribution < -0.4 is 0 Å². The van der Waals surface area contributed by atoms with Crippen molar-refractivity contribution in [2.75, 3.05) is 0 Å². The van der Waals surface area contributed by atoms with E-state index in [-0.39, 0.29) is 0 Å². The fourth-order valence-corrected chi connectivity index (χ4v) is 1.95. The van der Waals surface area contributed by atoms with Gasteiger partial charge in [-0.15, -0.1) is 0 Å². The number of hydrogen-bond donors (Lipinski definition) is 1. The molecule has 0 atom stereocenters. The average Bonchev–Trinajstić information content (AvgIpc) is 2.87. The molecular formula is C12H11N3. The zero-order valence-corrected chi connectivity index (χ0v) is 8.44. The van der Waals surface area contributed by atoms with Crippen molar-refractivity contribution < 1.29 is 0 Å². The fourth-order valence-electron chi connectivity index (χ4n) is 1.95. The van der Waals surface area contributed by atoms with Gasteiger partial charge in [-0.3, -0.25) is 4.98 Å². The molecule has 0 spiro atoms. The van der Waals surface area contributed by atoms with Crippen molar-refractivity contribution in [1.29, 1.82) is 0 Å². The monoisotopic (exact) mass is 197 g/mol. The van der Waals surface area contributed by atoms with E-state index in [1.165, 1.54) is 16.5 Å². The Kier molecular flexibility index (Phi) is 1.65. The first-order valence-electron chi connectivity index (χ1n) is 4.89. The molecule has 0 bridgehead atoms. The largest absolute Gasteiger partial charge is 0.361 e. The third-order valence-electron chi connectivity index (χ3n) is 2.68. The van der Waals surface area contributed by atoms with Gasteiger partial charge in [-0.25, -0.2) is 0 Å². The summed E-state index contributed by atoms with van der Waals surface area (Å²) in [5, 5.41) is 1.18. The van der Waals surface area contributed by atoms with Crippen molar-refractivity contribution in [3.63, 3.8) is 0 Å². The molecule has 0 aliphatic heterocycles. The van der Waals surface area contributed by atoms with Crippen LogP contribution in [0.4, 0.5) is 0 Å². The number of nitrogens with zero attached hydrogens (tertiary/aromatic N) is 2. The minimum Gasteiger partial charge on any atom is -0.361 e. The number of aromatic nitrogens is 3. The smallest absolute Gasteiger partial charge is 0.0515 e. The van der Waals surface area contributed by atoms with E-state index < -0.39 is 0 Å². The van der Waals surface area contributed by atoms with Gasteiger partial charge in [0.05, 0.1) is 5.52 Å². The predicted octanol–water partition coefficient (Wildman–Crippen LogP) is 2.57. The normalized spacial score (nSPS) is 11.0. The Labute approximate surface area is 87.4 Å². The van der Waals surface area contributed by atoms with E-state index in [4.69, 9.17) is 0 Å². The Morgan fingerprint density at radius 1 is 1.33 bits per heavy atom. The standard InChI is InChI=1S/C12H11N3/c1-15-8-10(11-3-2-5-14-11)9-7-13-6-4-12(9)15/h2-8,14H,1H3. The number of H-pyrrole nitrogens is 1. The lowest BCUT2D eigenvalue weighted by molar-refractivity contribution is 0.968. The molecule has 0 amide bonds. The molecule has 0 radical (unpaired) electrons. The van der Waals surface area contributed by atoms with Crippen LogP contribution in [0.3, 0.4) is 0 Å². The molecule has 0 saturated carbocycles. The molecule has 0 aromatic carbocycles. The number of aryl methyl sites for hydroxylation is 1. The Morgan fingerprint density at radius 3 is 3.07 bits per heavy atom. The molecule has 74 valence electrons. The molecule has 0 unspecified atom stereocenters. The van der Waals surface area contributed by atoms with Gasteiger partial charge in [-0.05, 0) is 18.2 Å². The minimum absolute atomic E-state index is 1.13. The van der Waals surface area contributed by atoms with Gasteiger partial charge in [0, 0.05) is 48.5 Å². The third kappa shape index (κ3) is 1.16. The summed E-state index contributed by atoms with van der Waals surface area (Å²) < 4.78 is 2.12. The molecule has 3 heterocycles. The van der Waals surface area contributed by atoms with Crippen molar-refractivity contribution in [3.05, 3.63) is 43.0 Å². The summed E-state index contributed by atoms with van der Waals surface area (Å²) in [7, 11) is 2.05. The van der Waals surface area contributed by atoms with Crippen molar-refractivity contribution in [3.8, 4) is 11.3 Å². The van der Waals surface area contributed by atoms with E-state index in [9.17, 15) is 0 Å². The van der Waals surface area contributed by atoms with Gasteiger partial charge in [0.15, 0.2) is 0 Å². The highest BCUT2D eigenvalue weighted by Crippen LogP contribution is 2.27. The number of pyridine rings is 1. The lowest BCUT2D eigenvalue weighted by Gasteiger charge is -1.94. The van der Waals surface area contributed by atoms with Gasteiger partial charge in [0.25, 0.3) is 0 Å². The quantitative estimate of drug-likeness (QED) is 0.639. The van der Waals surface area contributed by atoms with Crippen LogP contribution in [0.5, 0.6) is 0 Å². The first-order chi connectivity index (χ1) is 7.36. The highest BCUT2D eigenvalue weighted by molar-refractivity contribution is 5.94. The van der Waals surface area contributed by atoms with E-state index in [1.807, 2.05) is 30.7 Å². The first-order valence-corrected chi connectivity index (χ1v) is 4.89. The van der Waals surface area contributed by atoms with Crippen LogP contribution in [0.1, 0.15) is 0 Å². The molecule has 0 saturated heterocycles. The maximum absolute atomic E-state index is 4.17. The van der Waals surface area contributed by atoms with E-state index in [0.717, 1.165) is 5.69 Å². The number of fused-ring (bicyclic) bond motifs is 1. The van der Waals surface area contributed by atoms with Crippen molar-refractivity contribution in [2.45, 2.75) is 0 Å². The van der Waals surface area contributed by atoms with Gasteiger partial charge >= 0.3 is 0 Å². The summed E-state index contributed by atoms with van der Waals surface area (Å²) in [5.41, 5.74) is 3.54. The van der Waals surface area contributed by atoms with Crippen LogP contribution in [-0.4, -0.2) is 14.5 Å². The Hall–Kier alpha value is -2.03. The maximum atomic E-state index is 4.17. The number of aromatic amines is 1. The number of hydrogen-bond acceptors (Lipinski definition) is 1. The van der Waals surface area contributed by atoms with Crippen LogP contribution in [0.15, 0.2) is 43.0 Å². The third-order valence-corrected chi connectivity index (χ3v) is 2.68. The summed E-state index contributed by atoms with van der Waals surface area (Å²) >= 11 is 0. The van der Waals surface area contributed by atoms with Gasteiger partial charge in [0.2, 0.25) is 0 Å². The van der Waals surface area contributed by atoms with Crippen LogP contribution in [0.2, 0.25) is 0 Å². The lowest BCUT2D eigenvalue weighted by Crippen LogP contribution is -1.82. The molecule has 3 nitrogen and oxygen atoms in total. The Bertz CT molecular complexity index is 590. The van der Waals surface area contributed by atoms with Gasteiger partial charge < -0.3 is 9.55 Å². The number of rotatable bonds is 1. The van der Waals surface area contributed by atoms with E-state index >= 15 is 0 Å². The summed E-state index contributed by atoms with van der Waals surface area (Å²) in [6, 6.07) is 6.11. The SMILES string of the molecule is Cn1cc(-c2ccc[nH]2)c2cnccc21. The molecule has 1 N–H and O–H groups in total. The summed E-state index contributed by atoms with van der Waals surface area (Å²) in [4.78, 5) is 7.39. The average molecular weight is 197 g/mol. The minimum atomic E-state index is 1.13. The molecule has 0 fully saturated rings. The topological polar surface area (TPSA) is 33.6 Å². The molecule has 3 aromatic heterocycles. The second kappa shape index (κ2) is 2.98. The molecular weight excluding hydrogens is 186 g/mol. The Balaban J connectivity index is 2.37. The summed E-state index contributed by atoms with van der Waals surface area (Å²) in [6.07, 6.45) is 7.79. The highest BCUT2D eigenvalue weighted by atomic mass is 14.9. The fraction of sp³-hybridized carbons (Fsp3) is 0.0833. The molecule has 3 rings (SSSR count). The van der Waals surface area contributed by atoms with Crippen LogP contribution in [0, 0.1) is 0 Å². The van der Waals surface area contributed by atoms with Crippen molar-refractivity contribution >= 4 is 10.9 Å². The van der Waals surface area contributed by atoms with Crippen LogP contribution in [-0.2, 0) is 7.05 Å². The molecule has 15 heavy (non-hydrogen) atoms. The maximum Gasteiger partial charge on any atom is 0.0515 e. The van der Waals surface area contributed by atoms with Gasteiger partial charge in [-0.1, -0.05) is 0 Å². The zero-order chi connectivity index (χ0) is 10.3. The zero-order valence-electron chi connectivity index (χ0n) is 8.44. The van der Waals surface area contributed by atoms with E-state index in [1.54, 1.807) is 0 Å². The Morgan fingerprint density at radius 2 is 2.27 bits per heavy atom. The summed E-state index contributed by atoms with van der Waals surface area (Å²) in [6.45, 7) is 0. The van der Waals surface area contributed by atoms with E-state index in [2.05, 4.69) is 33.8 Å². The summed E-state index contributed by atoms with van der Waals surface area (Å²) in [5.74, 6) is 0. The van der Waals surface area contributed by atoms with Crippen LogP contribution in [0.25, 0.3) is 22.2 Å². The molecule has 3 aromatic rings. The molecule has 0 aliphatic carbocycles. The second-order valence-corrected chi connectivity index (χ2v) is 3.63. The van der Waals surface area contributed by atoms with Crippen molar-refractivity contribution in [1.82, 2.24) is 14.5 Å². The van der Waals surface area contributed by atoms with Gasteiger partial charge in [0.1, 0.15) is 0 Å². The highest BCUT2D eigenvalue weighted by Gasteiger charge is 2.08. The first kappa shape index (κ1) is 8.29. The van der Waals surface area contributed by atoms with Crippen molar-refractivity contribution in [2.24, 2.45) is 7.05 Å². The van der Waals surface area contributed by atoms with E-state index in [0.29, 0.717) is 0 Å². The predicted molar refractivity (Wildman–Crippen MR) is 60.5 cm³/mol.